The fourth-order valence-electron chi connectivity index (χ4n) is 5.06. The lowest BCUT2D eigenvalue weighted by atomic mass is 10.1. The highest BCUT2D eigenvalue weighted by Crippen LogP contribution is 2.45. The Bertz CT molecular complexity index is 1480. The van der Waals surface area contributed by atoms with Gasteiger partial charge in [0.05, 0.1) is 21.1 Å². The molecule has 5 atom stereocenters. The van der Waals surface area contributed by atoms with Gasteiger partial charge >= 0.3 is 12.1 Å². The molecule has 5 rings (SSSR count). The first-order valence-corrected chi connectivity index (χ1v) is 15.0. The molecule has 3 heterocycles. The molecule has 0 bridgehead atoms. The number of benzene rings is 2. The summed E-state index contributed by atoms with van der Waals surface area (Å²) in [7, 11) is 0. The second-order valence-corrected chi connectivity index (χ2v) is 13.2. The maximum atomic E-state index is 13.4. The van der Waals surface area contributed by atoms with Gasteiger partial charge in [-0.1, -0.05) is 53.5 Å². The van der Waals surface area contributed by atoms with Crippen LogP contribution in [0.25, 0.3) is 11.0 Å². The molecule has 2 saturated heterocycles. The number of halogens is 3. The summed E-state index contributed by atoms with van der Waals surface area (Å²) in [6.07, 6.45) is -2.98. The maximum absolute atomic E-state index is 13.4. The fourth-order valence-corrected chi connectivity index (χ4v) is 5.96. The number of aromatic nitrogens is 2. The van der Waals surface area contributed by atoms with Gasteiger partial charge in [0, 0.05) is 6.42 Å². The zero-order valence-corrected chi connectivity index (χ0v) is 26.8. The van der Waals surface area contributed by atoms with Crippen molar-refractivity contribution >= 4 is 62.2 Å². The summed E-state index contributed by atoms with van der Waals surface area (Å²) in [6.45, 7) is 8.71. The number of fused-ring (bicyclic) bond motifs is 2. The van der Waals surface area contributed by atoms with E-state index in [2.05, 4.69) is 26.2 Å². The normalized spacial score (nSPS) is 23.9. The molecule has 2 aliphatic heterocycles. The van der Waals surface area contributed by atoms with Crippen molar-refractivity contribution in [2.24, 2.45) is 0 Å². The molecular formula is C29H32BrCl2N3O7. The Morgan fingerprint density at radius 3 is 2.48 bits per heavy atom. The smallest absolute Gasteiger partial charge is 0.408 e. The number of ether oxygens (including phenoxy) is 5. The number of hydrogen-bond acceptors (Lipinski definition) is 8. The summed E-state index contributed by atoms with van der Waals surface area (Å²) in [6, 6.07) is 11.7. The van der Waals surface area contributed by atoms with Crippen LogP contribution in [0.1, 0.15) is 46.4 Å². The number of nitrogens with one attached hydrogen (secondary N) is 1. The molecule has 2 aromatic carbocycles. The number of amides is 1. The van der Waals surface area contributed by atoms with E-state index in [9.17, 15) is 9.59 Å². The molecule has 1 aromatic heterocycles. The number of nitrogens with zero attached hydrogens (tertiary/aromatic N) is 2. The quantitative estimate of drug-likeness (QED) is 0.293. The van der Waals surface area contributed by atoms with Gasteiger partial charge in [0.1, 0.15) is 36.6 Å². The average Bonchev–Trinajstić information content (AvgIpc) is 3.49. The summed E-state index contributed by atoms with van der Waals surface area (Å²) >= 11 is 16.1. The Morgan fingerprint density at radius 1 is 1.12 bits per heavy atom. The van der Waals surface area contributed by atoms with Crippen LogP contribution in [0.3, 0.4) is 0 Å². The molecule has 13 heteroatoms. The van der Waals surface area contributed by atoms with E-state index in [0.717, 1.165) is 5.56 Å². The highest BCUT2D eigenvalue weighted by Gasteiger charge is 2.56. The largest absolute Gasteiger partial charge is 0.461 e. The van der Waals surface area contributed by atoms with Gasteiger partial charge in [0.2, 0.25) is 0 Å². The molecule has 1 N–H and O–H groups in total. The molecule has 2 aliphatic rings. The second-order valence-electron chi connectivity index (χ2n) is 11.7. The van der Waals surface area contributed by atoms with Crippen LogP contribution >= 0.6 is 39.1 Å². The summed E-state index contributed by atoms with van der Waals surface area (Å²) in [5, 5.41) is 3.39. The first-order valence-electron chi connectivity index (χ1n) is 13.4. The lowest BCUT2D eigenvalue weighted by Crippen LogP contribution is -2.46. The third kappa shape index (κ3) is 6.87. The van der Waals surface area contributed by atoms with E-state index in [1.807, 2.05) is 48.7 Å². The highest BCUT2D eigenvalue weighted by atomic mass is 79.9. The molecule has 0 spiro atoms. The van der Waals surface area contributed by atoms with E-state index in [-0.39, 0.29) is 13.0 Å². The first-order chi connectivity index (χ1) is 19.7. The molecule has 1 amide bonds. The van der Waals surface area contributed by atoms with E-state index in [4.69, 9.17) is 46.9 Å². The molecule has 226 valence electrons. The van der Waals surface area contributed by atoms with Crippen molar-refractivity contribution in [3.8, 4) is 0 Å². The lowest BCUT2D eigenvalue weighted by Gasteiger charge is -2.26. The summed E-state index contributed by atoms with van der Waals surface area (Å²) in [4.78, 5) is 30.5. The Hall–Kier alpha value is -2.41. The SMILES string of the molecule is CC(C)(C)OC(=O)N[C@H](Cc1ccccc1)C(=O)OC[C@H]1O[C@@H](n2c(Br)nc3cc(Cl)c(Cl)cc32)[C@@H]2OC(C)(C)O[C@@H]21. The molecule has 0 aliphatic carbocycles. The minimum Gasteiger partial charge on any atom is -0.461 e. The first kappa shape index (κ1) is 31.0. The van der Waals surface area contributed by atoms with E-state index >= 15 is 0 Å². The third-order valence-corrected chi connectivity index (χ3v) is 8.00. The topological polar surface area (TPSA) is 110 Å². The van der Waals surface area contributed by atoms with Gasteiger partial charge in [-0.2, -0.15) is 0 Å². The van der Waals surface area contributed by atoms with E-state index < -0.39 is 54.0 Å². The van der Waals surface area contributed by atoms with E-state index in [1.165, 1.54) is 0 Å². The van der Waals surface area contributed by atoms with Crippen molar-refractivity contribution in [1.29, 1.82) is 0 Å². The number of alkyl carbamates (subject to hydrolysis) is 1. The van der Waals surface area contributed by atoms with Gasteiger partial charge in [0.25, 0.3) is 0 Å². The van der Waals surface area contributed by atoms with Crippen molar-refractivity contribution in [1.82, 2.24) is 14.9 Å². The van der Waals surface area contributed by atoms with Gasteiger partial charge in [-0.05, 0) is 68.2 Å². The number of carbonyl (C=O) groups is 2. The van der Waals surface area contributed by atoms with Crippen LogP contribution in [0, 0.1) is 0 Å². The molecule has 3 aromatic rings. The maximum Gasteiger partial charge on any atom is 0.408 e. The van der Waals surface area contributed by atoms with Gasteiger partial charge < -0.3 is 29.0 Å². The van der Waals surface area contributed by atoms with Crippen LogP contribution in [0.2, 0.25) is 10.0 Å². The molecular weight excluding hydrogens is 653 g/mol. The number of rotatable bonds is 7. The van der Waals surface area contributed by atoms with Crippen LogP contribution < -0.4 is 5.32 Å². The number of hydrogen-bond donors (Lipinski definition) is 1. The van der Waals surface area contributed by atoms with Crippen LogP contribution in [0.15, 0.2) is 47.2 Å². The fraction of sp³-hybridized carbons (Fsp3) is 0.483. The molecule has 10 nitrogen and oxygen atoms in total. The summed E-state index contributed by atoms with van der Waals surface area (Å²) in [5.41, 5.74) is 1.40. The molecule has 0 saturated carbocycles. The Labute approximate surface area is 262 Å². The predicted molar refractivity (Wildman–Crippen MR) is 159 cm³/mol. The molecule has 2 fully saturated rings. The average molecular weight is 685 g/mol. The number of carbonyl (C=O) groups excluding carboxylic acids is 2. The zero-order chi connectivity index (χ0) is 30.4. The van der Waals surface area contributed by atoms with Crippen LogP contribution in [0.5, 0.6) is 0 Å². The van der Waals surface area contributed by atoms with Crippen molar-refractivity contribution in [3.63, 3.8) is 0 Å². The number of esters is 1. The van der Waals surface area contributed by atoms with E-state index in [0.29, 0.717) is 25.8 Å². The van der Waals surface area contributed by atoms with Crippen LogP contribution in [-0.4, -0.2) is 64.0 Å². The Balaban J connectivity index is 1.35. The lowest BCUT2D eigenvalue weighted by molar-refractivity contribution is -0.202. The van der Waals surface area contributed by atoms with Gasteiger partial charge in [-0.3, -0.25) is 4.57 Å². The molecule has 42 heavy (non-hydrogen) atoms. The standard InChI is InChI=1S/C29H32BrCl2N3O7/c1-28(2,3)42-27(37)34-19(11-15-9-7-6-8-10-15)25(36)38-14-21-22-23(41-29(4,5)40-22)24(39-21)35-20-13-17(32)16(31)12-18(20)33-26(35)30/h6-10,12-13,19,21-24H,11,14H2,1-5H3,(H,34,37)/t19-,21-,22-,23-,24-/m1/s1. The van der Waals surface area contributed by atoms with Crippen molar-refractivity contribution < 1.29 is 33.3 Å². The van der Waals surface area contributed by atoms with Crippen molar-refractivity contribution in [2.45, 2.75) is 83.0 Å². The van der Waals surface area contributed by atoms with Crippen molar-refractivity contribution in [3.05, 3.63) is 62.8 Å². The van der Waals surface area contributed by atoms with E-state index in [1.54, 1.807) is 32.9 Å². The number of imidazole rings is 1. The van der Waals surface area contributed by atoms with Crippen molar-refractivity contribution in [2.75, 3.05) is 6.61 Å². The van der Waals surface area contributed by atoms with Gasteiger partial charge in [-0.15, -0.1) is 0 Å². The van der Waals surface area contributed by atoms with Gasteiger partial charge in [-0.25, -0.2) is 14.6 Å². The minimum atomic E-state index is -0.994. The van der Waals surface area contributed by atoms with Crippen LogP contribution in [0.4, 0.5) is 4.79 Å². The molecule has 0 radical (unpaired) electrons. The predicted octanol–water partition coefficient (Wildman–Crippen LogP) is 6.20. The monoisotopic (exact) mass is 683 g/mol. The minimum absolute atomic E-state index is 0.145. The zero-order valence-electron chi connectivity index (χ0n) is 23.7. The Kier molecular flexibility index (Phi) is 8.82. The van der Waals surface area contributed by atoms with Gasteiger partial charge in [0.15, 0.2) is 16.7 Å². The molecule has 0 unspecified atom stereocenters. The van der Waals surface area contributed by atoms with Crippen LogP contribution in [-0.2, 0) is 34.9 Å². The summed E-state index contributed by atoms with van der Waals surface area (Å²) in [5.74, 6) is -1.54. The third-order valence-electron chi connectivity index (χ3n) is 6.72. The summed E-state index contributed by atoms with van der Waals surface area (Å²) < 4.78 is 32.2. The second kappa shape index (κ2) is 11.9. The highest BCUT2D eigenvalue weighted by molar-refractivity contribution is 9.10. The Morgan fingerprint density at radius 2 is 1.79 bits per heavy atom.